The van der Waals surface area contributed by atoms with Gasteiger partial charge in [0.25, 0.3) is 0 Å². The molecular formula is C12H24N2O. The first-order valence-electron chi connectivity index (χ1n) is 6.28. The van der Waals surface area contributed by atoms with Gasteiger partial charge in [0.1, 0.15) is 0 Å². The molecule has 0 spiro atoms. The Morgan fingerprint density at radius 3 is 2.60 bits per heavy atom. The Balaban J connectivity index is 1.71. The second kappa shape index (κ2) is 5.28. The van der Waals surface area contributed by atoms with E-state index in [1.807, 2.05) is 0 Å². The third-order valence-corrected chi connectivity index (χ3v) is 3.89. The summed E-state index contributed by atoms with van der Waals surface area (Å²) in [5.74, 6) is 0.740. The molecule has 0 amide bonds. The molecule has 2 saturated heterocycles. The highest BCUT2D eigenvalue weighted by atomic mass is 16.5. The third-order valence-electron chi connectivity index (χ3n) is 3.89. The van der Waals surface area contributed by atoms with E-state index in [1.165, 1.54) is 32.4 Å². The molecular weight excluding hydrogens is 188 g/mol. The molecule has 0 aromatic rings. The quantitative estimate of drug-likeness (QED) is 0.758. The lowest BCUT2D eigenvalue weighted by Crippen LogP contribution is -2.46. The Kier molecular flexibility index (Phi) is 4.00. The predicted octanol–water partition coefficient (Wildman–Crippen LogP) is 1.10. The highest BCUT2D eigenvalue weighted by Gasteiger charge is 2.25. The van der Waals surface area contributed by atoms with E-state index in [4.69, 9.17) is 4.74 Å². The summed E-state index contributed by atoms with van der Waals surface area (Å²) in [4.78, 5) is 2.42. The first-order chi connectivity index (χ1) is 7.25. The number of ether oxygens (including phenoxy) is 1. The highest BCUT2D eigenvalue weighted by molar-refractivity contribution is 4.82. The van der Waals surface area contributed by atoms with E-state index >= 15 is 0 Å². The van der Waals surface area contributed by atoms with Crippen molar-refractivity contribution in [3.05, 3.63) is 0 Å². The number of piperidine rings is 1. The van der Waals surface area contributed by atoms with Crippen molar-refractivity contribution in [2.24, 2.45) is 5.92 Å². The molecule has 1 N–H and O–H groups in total. The molecule has 3 heteroatoms. The summed E-state index contributed by atoms with van der Waals surface area (Å²) in [6.45, 7) is 6.72. The molecule has 2 aliphatic rings. The molecule has 2 rings (SSSR count). The van der Waals surface area contributed by atoms with Crippen LogP contribution in [0.1, 0.15) is 26.2 Å². The van der Waals surface area contributed by atoms with E-state index in [2.05, 4.69) is 24.2 Å². The van der Waals surface area contributed by atoms with Gasteiger partial charge >= 0.3 is 0 Å². The second-order valence-corrected chi connectivity index (χ2v) is 5.16. The third kappa shape index (κ3) is 3.16. The lowest BCUT2D eigenvalue weighted by molar-refractivity contribution is 0.169. The summed E-state index contributed by atoms with van der Waals surface area (Å²) in [7, 11) is 2.21. The van der Waals surface area contributed by atoms with Crippen molar-refractivity contribution >= 4 is 0 Å². The van der Waals surface area contributed by atoms with Gasteiger partial charge in [0.2, 0.25) is 0 Å². The number of nitrogens with one attached hydrogen (secondary N) is 1. The number of nitrogens with zero attached hydrogens (tertiary/aromatic N) is 1. The van der Waals surface area contributed by atoms with Gasteiger partial charge in [-0.05, 0) is 52.2 Å². The molecule has 3 nitrogen and oxygen atoms in total. The average molecular weight is 212 g/mol. The number of likely N-dealkylation sites (tertiary alicyclic amines) is 1. The summed E-state index contributed by atoms with van der Waals surface area (Å²) < 4.78 is 5.44. The Labute approximate surface area is 93.2 Å². The van der Waals surface area contributed by atoms with Crippen molar-refractivity contribution in [1.29, 1.82) is 0 Å². The van der Waals surface area contributed by atoms with E-state index in [-0.39, 0.29) is 0 Å². The van der Waals surface area contributed by atoms with Crippen LogP contribution in [0.4, 0.5) is 0 Å². The van der Waals surface area contributed by atoms with Gasteiger partial charge in [0, 0.05) is 18.7 Å². The lowest BCUT2D eigenvalue weighted by atomic mass is 9.97. The summed E-state index contributed by atoms with van der Waals surface area (Å²) >= 11 is 0. The Morgan fingerprint density at radius 1 is 1.27 bits per heavy atom. The number of rotatable bonds is 3. The first-order valence-corrected chi connectivity index (χ1v) is 6.28. The topological polar surface area (TPSA) is 24.5 Å². The summed E-state index contributed by atoms with van der Waals surface area (Å²) in [5.41, 5.74) is 0. The Bertz CT molecular complexity index is 184. The fraction of sp³-hybridized carbons (Fsp3) is 1.00. The summed E-state index contributed by atoms with van der Waals surface area (Å²) in [6, 6.07) is 1.36. The molecule has 2 atom stereocenters. The molecule has 0 radical (unpaired) electrons. The maximum atomic E-state index is 5.44. The van der Waals surface area contributed by atoms with E-state index in [9.17, 15) is 0 Å². The standard InChI is InChI=1S/C12H24N2O/c1-10(11-5-8-15-9-11)13-12-3-6-14(2)7-4-12/h10-13H,3-9H2,1-2H3/t10-,11+/m0/s1. The van der Waals surface area contributed by atoms with Gasteiger partial charge < -0.3 is 15.0 Å². The van der Waals surface area contributed by atoms with Crippen LogP contribution in [-0.4, -0.2) is 50.3 Å². The molecule has 0 aromatic carbocycles. The molecule has 2 aliphatic heterocycles. The van der Waals surface area contributed by atoms with Gasteiger partial charge in [-0.2, -0.15) is 0 Å². The fourth-order valence-corrected chi connectivity index (χ4v) is 2.63. The largest absolute Gasteiger partial charge is 0.381 e. The van der Waals surface area contributed by atoms with Gasteiger partial charge in [0.05, 0.1) is 6.61 Å². The average Bonchev–Trinajstić information content (AvgIpc) is 2.74. The minimum atomic E-state index is 0.626. The molecule has 0 unspecified atom stereocenters. The van der Waals surface area contributed by atoms with E-state index < -0.39 is 0 Å². The van der Waals surface area contributed by atoms with E-state index in [1.54, 1.807) is 0 Å². The minimum absolute atomic E-state index is 0.626. The van der Waals surface area contributed by atoms with Gasteiger partial charge in [0.15, 0.2) is 0 Å². The maximum absolute atomic E-state index is 5.44. The highest BCUT2D eigenvalue weighted by Crippen LogP contribution is 2.18. The molecule has 15 heavy (non-hydrogen) atoms. The number of hydrogen-bond donors (Lipinski definition) is 1. The van der Waals surface area contributed by atoms with E-state index in [0.29, 0.717) is 6.04 Å². The zero-order valence-corrected chi connectivity index (χ0v) is 10.0. The first kappa shape index (κ1) is 11.4. The van der Waals surface area contributed by atoms with Crippen LogP contribution in [0.5, 0.6) is 0 Å². The summed E-state index contributed by atoms with van der Waals surface area (Å²) in [5, 5.41) is 3.77. The van der Waals surface area contributed by atoms with Crippen LogP contribution >= 0.6 is 0 Å². The van der Waals surface area contributed by atoms with Crippen LogP contribution in [0.2, 0.25) is 0 Å². The van der Waals surface area contributed by atoms with Crippen LogP contribution < -0.4 is 5.32 Å². The van der Waals surface area contributed by atoms with Crippen LogP contribution in [0, 0.1) is 5.92 Å². The normalized spacial score (nSPS) is 32.0. The van der Waals surface area contributed by atoms with Gasteiger partial charge in [-0.25, -0.2) is 0 Å². The van der Waals surface area contributed by atoms with Crippen LogP contribution in [-0.2, 0) is 4.74 Å². The zero-order chi connectivity index (χ0) is 10.7. The van der Waals surface area contributed by atoms with Crippen molar-refractivity contribution in [1.82, 2.24) is 10.2 Å². The van der Waals surface area contributed by atoms with Gasteiger partial charge in [-0.15, -0.1) is 0 Å². The Hall–Kier alpha value is -0.120. The van der Waals surface area contributed by atoms with Crippen LogP contribution in [0.15, 0.2) is 0 Å². The predicted molar refractivity (Wildman–Crippen MR) is 62.0 cm³/mol. The molecule has 88 valence electrons. The monoisotopic (exact) mass is 212 g/mol. The van der Waals surface area contributed by atoms with Crippen molar-refractivity contribution in [2.45, 2.75) is 38.3 Å². The smallest absolute Gasteiger partial charge is 0.0509 e. The fourth-order valence-electron chi connectivity index (χ4n) is 2.63. The molecule has 0 saturated carbocycles. The molecule has 0 aliphatic carbocycles. The lowest BCUT2D eigenvalue weighted by Gasteiger charge is -2.33. The van der Waals surface area contributed by atoms with Crippen molar-refractivity contribution in [3.8, 4) is 0 Å². The van der Waals surface area contributed by atoms with Gasteiger partial charge in [-0.1, -0.05) is 0 Å². The SMILES string of the molecule is C[C@H](NC1CCN(C)CC1)[C@@H]1CCOC1. The van der Waals surface area contributed by atoms with Crippen LogP contribution in [0.25, 0.3) is 0 Å². The Morgan fingerprint density at radius 2 is 2.00 bits per heavy atom. The van der Waals surface area contributed by atoms with E-state index in [0.717, 1.165) is 25.2 Å². The molecule has 2 fully saturated rings. The van der Waals surface area contributed by atoms with Gasteiger partial charge in [-0.3, -0.25) is 0 Å². The minimum Gasteiger partial charge on any atom is -0.381 e. The van der Waals surface area contributed by atoms with Crippen LogP contribution in [0.3, 0.4) is 0 Å². The summed E-state index contributed by atoms with van der Waals surface area (Å²) in [6.07, 6.45) is 3.84. The van der Waals surface area contributed by atoms with Crippen molar-refractivity contribution in [2.75, 3.05) is 33.4 Å². The van der Waals surface area contributed by atoms with Crippen molar-refractivity contribution < 1.29 is 4.74 Å². The molecule has 2 heterocycles. The molecule has 0 bridgehead atoms. The molecule has 0 aromatic heterocycles. The van der Waals surface area contributed by atoms with Crippen molar-refractivity contribution in [3.63, 3.8) is 0 Å². The second-order valence-electron chi connectivity index (χ2n) is 5.16. The number of hydrogen-bond acceptors (Lipinski definition) is 3. The maximum Gasteiger partial charge on any atom is 0.0509 e. The zero-order valence-electron chi connectivity index (χ0n) is 10.0.